The Labute approximate surface area is 65.6 Å². The number of rotatable bonds is 0. The highest BCUT2D eigenvalue weighted by molar-refractivity contribution is 8.07. The van der Waals surface area contributed by atoms with Crippen molar-refractivity contribution in [1.29, 1.82) is 0 Å². The number of allylic oxidation sites excluding steroid dienone is 1. The van der Waals surface area contributed by atoms with Gasteiger partial charge in [0.2, 0.25) is 0 Å². The van der Waals surface area contributed by atoms with Gasteiger partial charge in [-0.3, -0.25) is 0 Å². The smallest absolute Gasteiger partial charge is 0.0179 e. The van der Waals surface area contributed by atoms with Gasteiger partial charge in [0.25, 0.3) is 0 Å². The van der Waals surface area contributed by atoms with Crippen LogP contribution in [0.5, 0.6) is 0 Å². The van der Waals surface area contributed by atoms with E-state index < -0.39 is 0 Å². The van der Waals surface area contributed by atoms with Gasteiger partial charge in [-0.15, -0.1) is 0 Å². The fourth-order valence-electron chi connectivity index (χ4n) is 1.45. The Hall–Kier alpha value is -0.210. The zero-order valence-corrected chi connectivity index (χ0v) is 6.76. The second kappa shape index (κ2) is 2.44. The molecule has 0 atom stereocenters. The van der Waals surface area contributed by atoms with Crippen LogP contribution in [0.3, 0.4) is 0 Å². The van der Waals surface area contributed by atoms with E-state index in [-0.39, 0.29) is 0 Å². The Morgan fingerprint density at radius 2 is 2.40 bits per heavy atom. The van der Waals surface area contributed by atoms with Crippen molar-refractivity contribution in [3.05, 3.63) is 22.0 Å². The van der Waals surface area contributed by atoms with Gasteiger partial charge in [0.15, 0.2) is 0 Å². The van der Waals surface area contributed by atoms with Crippen molar-refractivity contribution in [1.82, 2.24) is 5.32 Å². The molecule has 0 saturated heterocycles. The molecule has 2 heterocycles. The minimum atomic E-state index is 1.10. The molecule has 0 spiro atoms. The predicted molar refractivity (Wildman–Crippen MR) is 45.9 cm³/mol. The molecule has 0 aliphatic carbocycles. The average Bonchev–Trinajstić information content (AvgIpc) is 2.27. The van der Waals surface area contributed by atoms with Crippen LogP contribution in [0, 0.1) is 0 Å². The molecule has 2 rings (SSSR count). The van der Waals surface area contributed by atoms with Crippen molar-refractivity contribution in [2.75, 3.05) is 13.1 Å². The summed E-state index contributed by atoms with van der Waals surface area (Å²) in [6.45, 7) is 6.22. The number of thioether (sulfide) groups is 1. The third-order valence-electron chi connectivity index (χ3n) is 1.94. The molecule has 0 fully saturated rings. The van der Waals surface area contributed by atoms with E-state index in [0.29, 0.717) is 0 Å². The summed E-state index contributed by atoms with van der Waals surface area (Å²) in [5.41, 5.74) is 1.58. The van der Waals surface area contributed by atoms with Crippen molar-refractivity contribution in [2.45, 2.75) is 12.8 Å². The highest BCUT2D eigenvalue weighted by Crippen LogP contribution is 2.42. The van der Waals surface area contributed by atoms with Crippen molar-refractivity contribution < 1.29 is 0 Å². The van der Waals surface area contributed by atoms with Crippen molar-refractivity contribution in [2.24, 2.45) is 0 Å². The minimum Gasteiger partial charge on any atom is -0.313 e. The Balaban J connectivity index is 2.20. The molecule has 10 heavy (non-hydrogen) atoms. The van der Waals surface area contributed by atoms with E-state index in [2.05, 4.69) is 11.9 Å². The maximum Gasteiger partial charge on any atom is 0.0179 e. The van der Waals surface area contributed by atoms with Crippen LogP contribution in [0.4, 0.5) is 0 Å². The fourth-order valence-corrected chi connectivity index (χ4v) is 2.54. The van der Waals surface area contributed by atoms with Crippen LogP contribution in [0.1, 0.15) is 12.8 Å². The largest absolute Gasteiger partial charge is 0.313 e. The molecule has 1 nitrogen and oxygen atoms in total. The maximum absolute atomic E-state index is 3.97. The standard InChI is InChI=1S/C8H11NS/c1-6-4-7-5-9-3-2-8(7)10-6/h9H,1-5H2. The normalized spacial score (nSPS) is 25.4. The van der Waals surface area contributed by atoms with Gasteiger partial charge in [-0.05, 0) is 28.3 Å². The third-order valence-corrected chi connectivity index (χ3v) is 3.11. The molecule has 0 radical (unpaired) electrons. The molecule has 0 unspecified atom stereocenters. The van der Waals surface area contributed by atoms with Crippen LogP contribution in [0.2, 0.25) is 0 Å². The van der Waals surface area contributed by atoms with E-state index in [0.717, 1.165) is 19.5 Å². The summed E-state index contributed by atoms with van der Waals surface area (Å²) in [6, 6.07) is 0. The molecule has 2 aliphatic rings. The van der Waals surface area contributed by atoms with Crippen LogP contribution in [0.25, 0.3) is 0 Å². The topological polar surface area (TPSA) is 12.0 Å². The predicted octanol–water partition coefficient (Wildman–Crippen LogP) is 1.88. The summed E-state index contributed by atoms with van der Waals surface area (Å²) in [4.78, 5) is 2.91. The maximum atomic E-state index is 3.97. The third kappa shape index (κ3) is 1.02. The highest BCUT2D eigenvalue weighted by Gasteiger charge is 2.20. The highest BCUT2D eigenvalue weighted by atomic mass is 32.2. The first-order valence-electron chi connectivity index (χ1n) is 3.63. The summed E-state index contributed by atoms with van der Waals surface area (Å²) >= 11 is 1.89. The van der Waals surface area contributed by atoms with E-state index >= 15 is 0 Å². The molecule has 1 N–H and O–H groups in total. The zero-order valence-electron chi connectivity index (χ0n) is 5.94. The van der Waals surface area contributed by atoms with Gasteiger partial charge in [0.1, 0.15) is 0 Å². The SMILES string of the molecule is C=C1CC2=C(CCNC2)S1. The first-order valence-corrected chi connectivity index (χ1v) is 4.45. The number of hydrogen-bond donors (Lipinski definition) is 1. The summed E-state index contributed by atoms with van der Waals surface area (Å²) in [7, 11) is 0. The lowest BCUT2D eigenvalue weighted by Crippen LogP contribution is -2.22. The molecule has 54 valence electrons. The van der Waals surface area contributed by atoms with E-state index in [1.807, 2.05) is 11.8 Å². The van der Waals surface area contributed by atoms with Crippen LogP contribution in [-0.4, -0.2) is 13.1 Å². The van der Waals surface area contributed by atoms with Gasteiger partial charge in [0, 0.05) is 13.0 Å². The molecular weight excluding hydrogens is 142 g/mol. The first kappa shape index (κ1) is 6.50. The summed E-state index contributed by atoms with van der Waals surface area (Å²) in [5.74, 6) is 0. The molecule has 0 amide bonds. The van der Waals surface area contributed by atoms with E-state index in [1.54, 1.807) is 10.5 Å². The molecule has 0 aromatic rings. The lowest BCUT2D eigenvalue weighted by molar-refractivity contribution is 0.691. The Kier molecular flexibility index (Phi) is 1.58. The van der Waals surface area contributed by atoms with Gasteiger partial charge in [0.05, 0.1) is 0 Å². The van der Waals surface area contributed by atoms with Gasteiger partial charge in [-0.2, -0.15) is 0 Å². The van der Waals surface area contributed by atoms with Crippen molar-refractivity contribution in [3.8, 4) is 0 Å². The Morgan fingerprint density at radius 1 is 1.50 bits per heavy atom. The summed E-state index contributed by atoms with van der Waals surface area (Å²) in [6.07, 6.45) is 2.35. The molecule has 2 heteroatoms. The van der Waals surface area contributed by atoms with Gasteiger partial charge < -0.3 is 5.32 Å². The first-order chi connectivity index (χ1) is 4.86. The summed E-state index contributed by atoms with van der Waals surface area (Å²) < 4.78 is 0. The Bertz CT molecular complexity index is 185. The monoisotopic (exact) mass is 153 g/mol. The Morgan fingerprint density at radius 3 is 3.20 bits per heavy atom. The summed E-state index contributed by atoms with van der Waals surface area (Å²) in [5, 5.41) is 3.36. The lowest BCUT2D eigenvalue weighted by atomic mass is 10.1. The molecule has 2 aliphatic heterocycles. The van der Waals surface area contributed by atoms with Crippen molar-refractivity contribution in [3.63, 3.8) is 0 Å². The van der Waals surface area contributed by atoms with E-state index in [9.17, 15) is 0 Å². The minimum absolute atomic E-state index is 1.10. The lowest BCUT2D eigenvalue weighted by Gasteiger charge is -2.13. The van der Waals surface area contributed by atoms with Crippen LogP contribution in [-0.2, 0) is 0 Å². The molecule has 0 bridgehead atoms. The second-order valence-corrected chi connectivity index (χ2v) is 4.05. The van der Waals surface area contributed by atoms with E-state index in [4.69, 9.17) is 0 Å². The van der Waals surface area contributed by atoms with Gasteiger partial charge >= 0.3 is 0 Å². The van der Waals surface area contributed by atoms with Crippen LogP contribution >= 0.6 is 11.8 Å². The number of hydrogen-bond acceptors (Lipinski definition) is 2. The zero-order chi connectivity index (χ0) is 6.97. The second-order valence-electron chi connectivity index (χ2n) is 2.77. The van der Waals surface area contributed by atoms with Gasteiger partial charge in [-0.25, -0.2) is 0 Å². The van der Waals surface area contributed by atoms with E-state index in [1.165, 1.54) is 11.3 Å². The van der Waals surface area contributed by atoms with Crippen LogP contribution in [0.15, 0.2) is 22.0 Å². The average molecular weight is 153 g/mol. The van der Waals surface area contributed by atoms with Crippen molar-refractivity contribution >= 4 is 11.8 Å². The fraction of sp³-hybridized carbons (Fsp3) is 0.500. The molecule has 0 aromatic heterocycles. The molecule has 0 aromatic carbocycles. The van der Waals surface area contributed by atoms with Gasteiger partial charge in [-0.1, -0.05) is 18.3 Å². The quantitative estimate of drug-likeness (QED) is 0.570. The van der Waals surface area contributed by atoms with Crippen LogP contribution < -0.4 is 5.32 Å². The number of nitrogens with one attached hydrogen (secondary N) is 1. The molecular formula is C8H11NS. The molecule has 0 saturated carbocycles.